The van der Waals surface area contributed by atoms with Crippen LogP contribution in [0.4, 0.5) is 0 Å². The number of carbonyl (C=O) groups excluding carboxylic acids is 1. The second-order valence-electron chi connectivity index (χ2n) is 6.55. The molecule has 2 aromatic carbocycles. The van der Waals surface area contributed by atoms with Gasteiger partial charge in [0.1, 0.15) is 5.71 Å². The minimum absolute atomic E-state index is 0.334. The summed E-state index contributed by atoms with van der Waals surface area (Å²) in [6.45, 7) is 4.52. The molecule has 0 spiro atoms. The Morgan fingerprint density at radius 2 is 1.93 bits per heavy atom. The minimum Gasteiger partial charge on any atom is -0.331 e. The minimum atomic E-state index is -0.538. The summed E-state index contributed by atoms with van der Waals surface area (Å²) in [7, 11) is 0. The fraction of sp³-hybridized carbons (Fsp3) is 0.190. The molecule has 1 aromatic heterocycles. The van der Waals surface area contributed by atoms with Crippen LogP contribution >= 0.6 is 23.2 Å². The van der Waals surface area contributed by atoms with Crippen LogP contribution in [0.3, 0.4) is 0 Å². The van der Waals surface area contributed by atoms with E-state index in [1.165, 1.54) is 0 Å². The Morgan fingerprint density at radius 1 is 1.18 bits per heavy atom. The first-order valence-electron chi connectivity index (χ1n) is 8.73. The molecule has 0 atom stereocenters. The molecular formula is C21H19Cl2N3O2. The number of hydrogen-bond donors (Lipinski definition) is 0. The number of rotatable bonds is 6. The molecule has 0 unspecified atom stereocenters. The van der Waals surface area contributed by atoms with Gasteiger partial charge < -0.3 is 9.40 Å². The van der Waals surface area contributed by atoms with E-state index in [1.54, 1.807) is 53.6 Å². The van der Waals surface area contributed by atoms with E-state index in [0.717, 1.165) is 5.56 Å². The van der Waals surface area contributed by atoms with Crippen molar-refractivity contribution in [2.24, 2.45) is 5.16 Å². The predicted octanol–water partition coefficient (Wildman–Crippen LogP) is 5.57. The van der Waals surface area contributed by atoms with Crippen LogP contribution in [0.5, 0.6) is 0 Å². The van der Waals surface area contributed by atoms with Gasteiger partial charge in [-0.2, -0.15) is 0 Å². The van der Waals surface area contributed by atoms with E-state index < -0.39 is 5.97 Å². The number of aromatic nitrogens is 2. The lowest BCUT2D eigenvalue weighted by molar-refractivity contribution is 0.0515. The number of nitrogens with zero attached hydrogens (tertiary/aromatic N) is 3. The molecule has 0 saturated carbocycles. The summed E-state index contributed by atoms with van der Waals surface area (Å²) in [5, 5.41) is 5.02. The number of benzene rings is 2. The van der Waals surface area contributed by atoms with E-state index in [-0.39, 0.29) is 0 Å². The van der Waals surface area contributed by atoms with E-state index >= 15 is 0 Å². The lowest BCUT2D eigenvalue weighted by atomic mass is 10.0. The molecule has 7 heteroatoms. The summed E-state index contributed by atoms with van der Waals surface area (Å²) in [5.74, 6) is -0.152. The number of halogens is 2. The topological polar surface area (TPSA) is 56.5 Å². The summed E-state index contributed by atoms with van der Waals surface area (Å²) >= 11 is 12.3. The normalized spacial score (nSPS) is 11.7. The third-order valence-corrected chi connectivity index (χ3v) is 4.73. The summed E-state index contributed by atoms with van der Waals surface area (Å²) in [5.41, 5.74) is 2.68. The first-order chi connectivity index (χ1) is 13.4. The smallest absolute Gasteiger partial charge is 0.331 e. The van der Waals surface area contributed by atoms with Crippen molar-refractivity contribution < 1.29 is 9.63 Å². The molecule has 0 N–H and O–H groups in total. The van der Waals surface area contributed by atoms with Crippen LogP contribution in [0.25, 0.3) is 0 Å². The molecule has 0 aliphatic rings. The molecule has 5 nitrogen and oxygen atoms in total. The largest absolute Gasteiger partial charge is 0.365 e. The van der Waals surface area contributed by atoms with Crippen LogP contribution in [0.2, 0.25) is 10.0 Å². The Bertz CT molecular complexity index is 981. The highest BCUT2D eigenvalue weighted by Crippen LogP contribution is 2.23. The van der Waals surface area contributed by atoms with Gasteiger partial charge in [-0.05, 0) is 41.8 Å². The van der Waals surface area contributed by atoms with Gasteiger partial charge in [-0.15, -0.1) is 0 Å². The van der Waals surface area contributed by atoms with Crippen molar-refractivity contribution in [3.63, 3.8) is 0 Å². The van der Waals surface area contributed by atoms with Gasteiger partial charge in [0.05, 0.1) is 23.5 Å². The third kappa shape index (κ3) is 5.00. The molecular weight excluding hydrogens is 397 g/mol. The number of oxime groups is 1. The number of imidazole rings is 1. The van der Waals surface area contributed by atoms with Gasteiger partial charge in [-0.1, -0.05) is 54.3 Å². The van der Waals surface area contributed by atoms with Gasteiger partial charge >= 0.3 is 5.97 Å². The lowest BCUT2D eigenvalue weighted by Crippen LogP contribution is -2.13. The van der Waals surface area contributed by atoms with Crippen LogP contribution in [-0.4, -0.2) is 21.2 Å². The molecule has 0 aliphatic heterocycles. The quantitative estimate of drug-likeness (QED) is 0.300. The molecule has 144 valence electrons. The third-order valence-electron chi connectivity index (χ3n) is 4.19. The number of carbonyl (C=O) groups is 1. The van der Waals surface area contributed by atoms with E-state index in [9.17, 15) is 4.79 Å². The Hall–Kier alpha value is -2.63. The molecule has 0 fully saturated rings. The standard InChI is InChI=1S/C21H19Cl2N3O2/c1-14(2)15-3-5-16(6-4-15)21(27)28-25-20(12-26-10-9-24-13-26)18-8-7-17(22)11-19(18)23/h3-11,13-14H,12H2,1-2H3/b25-20+. The Kier molecular flexibility index (Phi) is 6.49. The molecule has 1 heterocycles. The maximum Gasteiger partial charge on any atom is 0.365 e. The zero-order valence-corrected chi connectivity index (χ0v) is 17.0. The van der Waals surface area contributed by atoms with Gasteiger partial charge in [-0.25, -0.2) is 9.78 Å². The molecule has 28 heavy (non-hydrogen) atoms. The first-order valence-corrected chi connectivity index (χ1v) is 9.49. The zero-order valence-electron chi connectivity index (χ0n) is 15.5. The highest BCUT2D eigenvalue weighted by molar-refractivity contribution is 6.37. The van der Waals surface area contributed by atoms with Gasteiger partial charge in [-0.3, -0.25) is 0 Å². The molecule has 0 saturated heterocycles. The molecule has 0 radical (unpaired) electrons. The summed E-state index contributed by atoms with van der Waals surface area (Å²) in [4.78, 5) is 21.6. The zero-order chi connectivity index (χ0) is 20.1. The maximum atomic E-state index is 12.4. The van der Waals surface area contributed by atoms with Crippen LogP contribution in [0, 0.1) is 0 Å². The van der Waals surface area contributed by atoms with Gasteiger partial charge in [0.2, 0.25) is 0 Å². The second kappa shape index (κ2) is 9.04. The maximum absolute atomic E-state index is 12.4. The van der Waals surface area contributed by atoms with Crippen LogP contribution in [-0.2, 0) is 11.4 Å². The van der Waals surface area contributed by atoms with E-state index in [2.05, 4.69) is 24.0 Å². The summed E-state index contributed by atoms with van der Waals surface area (Å²) in [6.07, 6.45) is 5.08. The highest BCUT2D eigenvalue weighted by atomic mass is 35.5. The fourth-order valence-electron chi connectivity index (χ4n) is 2.59. The van der Waals surface area contributed by atoms with E-state index in [4.69, 9.17) is 28.0 Å². The molecule has 3 aromatic rings. The predicted molar refractivity (Wildman–Crippen MR) is 111 cm³/mol. The molecule has 3 rings (SSSR count). The summed E-state index contributed by atoms with van der Waals surface area (Å²) in [6, 6.07) is 12.4. The van der Waals surface area contributed by atoms with E-state index in [1.807, 2.05) is 12.1 Å². The molecule has 0 bridgehead atoms. The van der Waals surface area contributed by atoms with Gasteiger partial charge in [0, 0.05) is 23.0 Å². The van der Waals surface area contributed by atoms with Gasteiger partial charge in [0.15, 0.2) is 0 Å². The lowest BCUT2D eigenvalue weighted by Gasteiger charge is -2.10. The van der Waals surface area contributed by atoms with Crippen LogP contribution in [0.15, 0.2) is 66.3 Å². The Morgan fingerprint density at radius 3 is 2.54 bits per heavy atom. The van der Waals surface area contributed by atoms with Crippen molar-refractivity contribution in [1.29, 1.82) is 0 Å². The SMILES string of the molecule is CC(C)c1ccc(C(=O)O/N=C(\Cn2ccnc2)c2ccc(Cl)cc2Cl)cc1. The highest BCUT2D eigenvalue weighted by Gasteiger charge is 2.14. The second-order valence-corrected chi connectivity index (χ2v) is 7.40. The van der Waals surface area contributed by atoms with Crippen LogP contribution < -0.4 is 0 Å². The number of hydrogen-bond acceptors (Lipinski definition) is 4. The Balaban J connectivity index is 1.84. The van der Waals surface area contributed by atoms with Crippen molar-refractivity contribution in [3.8, 4) is 0 Å². The van der Waals surface area contributed by atoms with E-state index in [0.29, 0.717) is 39.3 Å². The van der Waals surface area contributed by atoms with Gasteiger partial charge in [0.25, 0.3) is 0 Å². The average molecular weight is 416 g/mol. The van der Waals surface area contributed by atoms with Crippen LogP contribution in [0.1, 0.15) is 41.3 Å². The monoisotopic (exact) mass is 415 g/mol. The Labute approximate surface area is 173 Å². The molecule has 0 aliphatic carbocycles. The molecule has 0 amide bonds. The van der Waals surface area contributed by atoms with Crippen molar-refractivity contribution in [2.45, 2.75) is 26.3 Å². The van der Waals surface area contributed by atoms with Crippen molar-refractivity contribution in [3.05, 3.63) is 87.9 Å². The average Bonchev–Trinajstić information content (AvgIpc) is 3.18. The van der Waals surface area contributed by atoms with Crippen molar-refractivity contribution >= 4 is 34.9 Å². The first kappa shape index (κ1) is 20.1. The summed E-state index contributed by atoms with van der Waals surface area (Å²) < 4.78 is 1.80. The fourth-order valence-corrected chi connectivity index (χ4v) is 3.11. The van der Waals surface area contributed by atoms with Crippen molar-refractivity contribution in [2.75, 3.05) is 0 Å². The van der Waals surface area contributed by atoms with Crippen molar-refractivity contribution in [1.82, 2.24) is 9.55 Å².